The minimum atomic E-state index is 0.257. The standard InChI is InChI=1S/C16H22N4O2/c1-11(2)15-18-16(22-19-15)13-4-5-14(17-8-13)20-7-6-12(9-20)10-21-3/h4-5,8,11-12H,6-7,9-10H2,1-3H3/t12-/m0/s1. The summed E-state index contributed by atoms with van der Waals surface area (Å²) in [4.78, 5) is 11.2. The first-order valence-corrected chi connectivity index (χ1v) is 7.71. The minimum Gasteiger partial charge on any atom is -0.384 e. The van der Waals surface area contributed by atoms with Crippen molar-refractivity contribution in [1.29, 1.82) is 0 Å². The van der Waals surface area contributed by atoms with E-state index in [0.29, 0.717) is 11.8 Å². The number of rotatable bonds is 5. The molecule has 3 heterocycles. The Bertz CT molecular complexity index is 609. The van der Waals surface area contributed by atoms with Crippen LogP contribution in [0.1, 0.15) is 32.0 Å². The summed E-state index contributed by atoms with van der Waals surface area (Å²) in [6.45, 7) is 6.92. The van der Waals surface area contributed by atoms with Gasteiger partial charge in [0.05, 0.1) is 12.2 Å². The van der Waals surface area contributed by atoms with Gasteiger partial charge in [-0.15, -0.1) is 0 Å². The molecule has 0 aliphatic carbocycles. The van der Waals surface area contributed by atoms with Crippen LogP contribution in [0.2, 0.25) is 0 Å². The van der Waals surface area contributed by atoms with E-state index in [1.165, 1.54) is 0 Å². The average molecular weight is 302 g/mol. The Morgan fingerprint density at radius 3 is 2.91 bits per heavy atom. The number of hydrogen-bond acceptors (Lipinski definition) is 6. The van der Waals surface area contributed by atoms with Crippen LogP contribution in [0.15, 0.2) is 22.9 Å². The van der Waals surface area contributed by atoms with Crippen LogP contribution in [-0.2, 0) is 4.74 Å². The molecule has 0 radical (unpaired) electrons. The highest BCUT2D eigenvalue weighted by molar-refractivity contribution is 5.55. The molecular formula is C16H22N4O2. The van der Waals surface area contributed by atoms with Gasteiger partial charge in [0.15, 0.2) is 5.82 Å². The van der Waals surface area contributed by atoms with E-state index in [9.17, 15) is 0 Å². The Hall–Kier alpha value is -1.95. The number of pyridine rings is 1. The predicted molar refractivity (Wildman–Crippen MR) is 83.8 cm³/mol. The lowest BCUT2D eigenvalue weighted by molar-refractivity contribution is 0.161. The predicted octanol–water partition coefficient (Wildman–Crippen LogP) is 2.73. The van der Waals surface area contributed by atoms with Crippen molar-refractivity contribution in [3.63, 3.8) is 0 Å². The molecular weight excluding hydrogens is 280 g/mol. The Labute approximate surface area is 130 Å². The SMILES string of the molecule is COC[C@H]1CCN(c2ccc(-c3nc(C(C)C)no3)cn2)C1. The third kappa shape index (κ3) is 3.11. The maximum atomic E-state index is 5.30. The molecule has 2 aromatic heterocycles. The molecule has 1 fully saturated rings. The normalized spacial score (nSPS) is 18.4. The second kappa shape index (κ2) is 6.44. The second-order valence-electron chi connectivity index (χ2n) is 6.07. The molecule has 1 atom stereocenters. The fourth-order valence-corrected chi connectivity index (χ4v) is 2.70. The Morgan fingerprint density at radius 1 is 1.41 bits per heavy atom. The van der Waals surface area contributed by atoms with E-state index < -0.39 is 0 Å². The van der Waals surface area contributed by atoms with E-state index in [-0.39, 0.29) is 5.92 Å². The summed E-state index contributed by atoms with van der Waals surface area (Å²) in [5.74, 6) is 3.09. The maximum Gasteiger partial charge on any atom is 0.259 e. The van der Waals surface area contributed by atoms with Gasteiger partial charge in [-0.2, -0.15) is 4.98 Å². The zero-order valence-corrected chi connectivity index (χ0v) is 13.3. The molecule has 6 nitrogen and oxygen atoms in total. The van der Waals surface area contributed by atoms with Crippen molar-refractivity contribution in [3.8, 4) is 11.5 Å². The van der Waals surface area contributed by atoms with Crippen molar-refractivity contribution in [2.75, 3.05) is 31.7 Å². The number of hydrogen-bond donors (Lipinski definition) is 0. The van der Waals surface area contributed by atoms with Crippen LogP contribution < -0.4 is 4.90 Å². The molecule has 0 unspecified atom stereocenters. The zero-order chi connectivity index (χ0) is 15.5. The lowest BCUT2D eigenvalue weighted by Gasteiger charge is -2.17. The molecule has 1 aliphatic heterocycles. The van der Waals surface area contributed by atoms with Gasteiger partial charge in [-0.1, -0.05) is 19.0 Å². The van der Waals surface area contributed by atoms with Gasteiger partial charge < -0.3 is 14.2 Å². The molecule has 0 bridgehead atoms. The molecule has 2 aromatic rings. The average Bonchev–Trinajstić information content (AvgIpc) is 3.17. The highest BCUT2D eigenvalue weighted by atomic mass is 16.5. The zero-order valence-electron chi connectivity index (χ0n) is 13.3. The number of nitrogens with zero attached hydrogens (tertiary/aromatic N) is 4. The molecule has 0 amide bonds. The molecule has 6 heteroatoms. The molecule has 0 saturated carbocycles. The van der Waals surface area contributed by atoms with Gasteiger partial charge in [0.1, 0.15) is 5.82 Å². The number of methoxy groups -OCH3 is 1. The van der Waals surface area contributed by atoms with Gasteiger partial charge in [-0.25, -0.2) is 4.98 Å². The van der Waals surface area contributed by atoms with Crippen molar-refractivity contribution < 1.29 is 9.26 Å². The van der Waals surface area contributed by atoms with Crippen LogP contribution in [0.25, 0.3) is 11.5 Å². The Morgan fingerprint density at radius 2 is 2.27 bits per heavy atom. The van der Waals surface area contributed by atoms with Gasteiger partial charge in [-0.05, 0) is 18.6 Å². The molecule has 0 aromatic carbocycles. The summed E-state index contributed by atoms with van der Waals surface area (Å²) >= 11 is 0. The summed E-state index contributed by atoms with van der Waals surface area (Å²) in [6, 6.07) is 4.01. The second-order valence-corrected chi connectivity index (χ2v) is 6.07. The van der Waals surface area contributed by atoms with E-state index in [2.05, 4.69) is 20.0 Å². The van der Waals surface area contributed by atoms with E-state index in [0.717, 1.165) is 43.3 Å². The third-order valence-corrected chi connectivity index (χ3v) is 3.97. The number of anilines is 1. The lowest BCUT2D eigenvalue weighted by atomic mass is 10.1. The highest BCUT2D eigenvalue weighted by Gasteiger charge is 2.23. The largest absolute Gasteiger partial charge is 0.384 e. The minimum absolute atomic E-state index is 0.257. The molecule has 3 rings (SSSR count). The first-order valence-electron chi connectivity index (χ1n) is 7.71. The summed E-state index contributed by atoms with van der Waals surface area (Å²) < 4.78 is 10.5. The van der Waals surface area contributed by atoms with Crippen molar-refractivity contribution in [2.45, 2.75) is 26.2 Å². The Balaban J connectivity index is 1.70. The van der Waals surface area contributed by atoms with Gasteiger partial charge in [0, 0.05) is 38.2 Å². The van der Waals surface area contributed by atoms with Gasteiger partial charge in [0.2, 0.25) is 0 Å². The number of ether oxygens (including phenoxy) is 1. The monoisotopic (exact) mass is 302 g/mol. The molecule has 118 valence electrons. The lowest BCUT2D eigenvalue weighted by Crippen LogP contribution is -2.21. The van der Waals surface area contributed by atoms with E-state index in [4.69, 9.17) is 9.26 Å². The first-order chi connectivity index (χ1) is 10.7. The van der Waals surface area contributed by atoms with Gasteiger partial charge >= 0.3 is 0 Å². The molecule has 1 aliphatic rings. The van der Waals surface area contributed by atoms with Gasteiger partial charge in [-0.3, -0.25) is 0 Å². The molecule has 0 spiro atoms. The van der Waals surface area contributed by atoms with Gasteiger partial charge in [0.25, 0.3) is 5.89 Å². The van der Waals surface area contributed by atoms with Crippen LogP contribution in [0, 0.1) is 5.92 Å². The molecule has 0 N–H and O–H groups in total. The fraction of sp³-hybridized carbons (Fsp3) is 0.562. The van der Waals surface area contributed by atoms with Crippen molar-refractivity contribution in [1.82, 2.24) is 15.1 Å². The van der Waals surface area contributed by atoms with Crippen LogP contribution in [0.4, 0.5) is 5.82 Å². The van der Waals surface area contributed by atoms with Crippen LogP contribution in [0.5, 0.6) is 0 Å². The van der Waals surface area contributed by atoms with E-state index in [1.807, 2.05) is 26.0 Å². The number of aromatic nitrogens is 3. The highest BCUT2D eigenvalue weighted by Crippen LogP contribution is 2.25. The smallest absolute Gasteiger partial charge is 0.259 e. The van der Waals surface area contributed by atoms with Crippen LogP contribution >= 0.6 is 0 Å². The van der Waals surface area contributed by atoms with Crippen LogP contribution in [-0.4, -0.2) is 41.9 Å². The van der Waals surface area contributed by atoms with Crippen molar-refractivity contribution >= 4 is 5.82 Å². The summed E-state index contributed by atoms with van der Waals surface area (Å²) in [7, 11) is 1.76. The molecule has 1 saturated heterocycles. The quantitative estimate of drug-likeness (QED) is 0.846. The van der Waals surface area contributed by atoms with Crippen LogP contribution in [0.3, 0.4) is 0 Å². The molecule has 22 heavy (non-hydrogen) atoms. The van der Waals surface area contributed by atoms with E-state index >= 15 is 0 Å². The fourth-order valence-electron chi connectivity index (χ4n) is 2.70. The third-order valence-electron chi connectivity index (χ3n) is 3.97. The van der Waals surface area contributed by atoms with Crippen molar-refractivity contribution in [3.05, 3.63) is 24.2 Å². The maximum absolute atomic E-state index is 5.30. The summed E-state index contributed by atoms with van der Waals surface area (Å²) in [6.07, 6.45) is 2.95. The Kier molecular flexibility index (Phi) is 4.38. The topological polar surface area (TPSA) is 64.3 Å². The van der Waals surface area contributed by atoms with Crippen molar-refractivity contribution in [2.24, 2.45) is 5.92 Å². The summed E-state index contributed by atoms with van der Waals surface area (Å²) in [5, 5.41) is 3.98. The van der Waals surface area contributed by atoms with E-state index in [1.54, 1.807) is 13.3 Å². The first kappa shape index (κ1) is 15.0. The summed E-state index contributed by atoms with van der Waals surface area (Å²) in [5.41, 5.74) is 0.857.